The van der Waals surface area contributed by atoms with Crippen LogP contribution in [0.5, 0.6) is 11.5 Å². The van der Waals surface area contributed by atoms with Gasteiger partial charge in [0.25, 0.3) is 5.91 Å². The number of hydrogen-bond acceptors (Lipinski definition) is 4. The van der Waals surface area contributed by atoms with Gasteiger partial charge in [-0.15, -0.1) is 0 Å². The first-order valence-corrected chi connectivity index (χ1v) is 9.91. The van der Waals surface area contributed by atoms with Gasteiger partial charge in [-0.1, -0.05) is 12.1 Å². The molecule has 1 saturated heterocycles. The van der Waals surface area contributed by atoms with Crippen LogP contribution in [0.15, 0.2) is 54.9 Å². The fourth-order valence-corrected chi connectivity index (χ4v) is 3.95. The van der Waals surface area contributed by atoms with E-state index in [9.17, 15) is 9.18 Å². The number of benzene rings is 2. The Morgan fingerprint density at radius 3 is 2.57 bits per heavy atom. The molecule has 2 heterocycles. The summed E-state index contributed by atoms with van der Waals surface area (Å²) in [4.78, 5) is 14.9. The number of methoxy groups -OCH3 is 2. The van der Waals surface area contributed by atoms with Crippen LogP contribution in [-0.4, -0.2) is 47.9 Å². The van der Waals surface area contributed by atoms with E-state index in [1.807, 2.05) is 23.4 Å². The predicted molar refractivity (Wildman–Crippen MR) is 111 cm³/mol. The first-order chi connectivity index (χ1) is 14.6. The maximum absolute atomic E-state index is 13.5. The lowest BCUT2D eigenvalue weighted by atomic mass is 9.91. The third kappa shape index (κ3) is 3.87. The van der Waals surface area contributed by atoms with Crippen molar-refractivity contribution in [3.05, 3.63) is 71.8 Å². The van der Waals surface area contributed by atoms with Crippen molar-refractivity contribution in [1.82, 2.24) is 14.7 Å². The molecule has 7 heteroatoms. The van der Waals surface area contributed by atoms with E-state index >= 15 is 0 Å². The Morgan fingerprint density at radius 1 is 1.10 bits per heavy atom. The lowest BCUT2D eigenvalue weighted by molar-refractivity contribution is 0.0709. The predicted octanol–water partition coefficient (Wildman–Crippen LogP) is 4.05. The molecule has 4 rings (SSSR count). The summed E-state index contributed by atoms with van der Waals surface area (Å²) < 4.78 is 25.9. The number of rotatable bonds is 5. The van der Waals surface area contributed by atoms with Crippen molar-refractivity contribution in [1.29, 1.82) is 0 Å². The van der Waals surface area contributed by atoms with E-state index in [-0.39, 0.29) is 11.7 Å². The third-order valence-electron chi connectivity index (χ3n) is 5.56. The average Bonchev–Trinajstić information content (AvgIpc) is 3.28. The Labute approximate surface area is 174 Å². The first kappa shape index (κ1) is 19.9. The van der Waals surface area contributed by atoms with Crippen LogP contribution in [0.3, 0.4) is 0 Å². The van der Waals surface area contributed by atoms with Gasteiger partial charge < -0.3 is 14.4 Å². The number of likely N-dealkylation sites (tertiary alicyclic amines) is 1. The van der Waals surface area contributed by atoms with Gasteiger partial charge in [0.2, 0.25) is 0 Å². The van der Waals surface area contributed by atoms with Crippen molar-refractivity contribution < 1.29 is 18.7 Å². The summed E-state index contributed by atoms with van der Waals surface area (Å²) in [7, 11) is 3.10. The second-order valence-electron chi connectivity index (χ2n) is 7.31. The number of halogens is 1. The van der Waals surface area contributed by atoms with Crippen molar-refractivity contribution in [3.8, 4) is 17.2 Å². The first-order valence-electron chi connectivity index (χ1n) is 9.91. The molecule has 0 spiro atoms. The number of carbonyl (C=O) groups is 1. The van der Waals surface area contributed by atoms with Crippen LogP contribution >= 0.6 is 0 Å². The van der Waals surface area contributed by atoms with Gasteiger partial charge in [-0.3, -0.25) is 4.79 Å². The highest BCUT2D eigenvalue weighted by molar-refractivity contribution is 5.97. The van der Waals surface area contributed by atoms with Crippen molar-refractivity contribution in [3.63, 3.8) is 0 Å². The van der Waals surface area contributed by atoms with Crippen LogP contribution in [0.2, 0.25) is 0 Å². The average molecular weight is 409 g/mol. The van der Waals surface area contributed by atoms with E-state index in [1.165, 1.54) is 19.2 Å². The minimum absolute atomic E-state index is 0.0559. The van der Waals surface area contributed by atoms with E-state index in [0.717, 1.165) is 18.4 Å². The number of amides is 1. The van der Waals surface area contributed by atoms with Gasteiger partial charge in [0, 0.05) is 19.3 Å². The Hall–Kier alpha value is -3.35. The highest BCUT2D eigenvalue weighted by Gasteiger charge is 2.27. The standard InChI is InChI=1S/C23H24FN3O3/c1-29-21-8-4-7-20(22(21)30-2)23(28)26-11-9-16(10-12-26)17-14-25-27(15-17)19-6-3-5-18(24)13-19/h3-8,13-16H,9-12H2,1-2H3. The van der Waals surface area contributed by atoms with Crippen LogP contribution in [0, 0.1) is 5.82 Å². The molecule has 0 unspecified atom stereocenters. The molecule has 156 valence electrons. The summed E-state index contributed by atoms with van der Waals surface area (Å²) >= 11 is 0. The Balaban J connectivity index is 1.44. The number of carbonyl (C=O) groups excluding carboxylic acids is 1. The largest absolute Gasteiger partial charge is 0.493 e. The van der Waals surface area contributed by atoms with Gasteiger partial charge in [-0.25, -0.2) is 9.07 Å². The Bertz CT molecular complexity index is 1040. The zero-order chi connectivity index (χ0) is 21.1. The highest BCUT2D eigenvalue weighted by atomic mass is 19.1. The molecule has 0 bridgehead atoms. The maximum atomic E-state index is 13.5. The molecule has 1 fully saturated rings. The third-order valence-corrected chi connectivity index (χ3v) is 5.56. The van der Waals surface area contributed by atoms with Gasteiger partial charge in [0.15, 0.2) is 11.5 Å². The summed E-state index contributed by atoms with van der Waals surface area (Å²) in [6, 6.07) is 11.7. The Morgan fingerprint density at radius 2 is 1.87 bits per heavy atom. The molecule has 1 amide bonds. The SMILES string of the molecule is COc1cccc(C(=O)N2CCC(c3cnn(-c4cccc(F)c4)c3)CC2)c1OC. The topological polar surface area (TPSA) is 56.6 Å². The molecule has 30 heavy (non-hydrogen) atoms. The monoisotopic (exact) mass is 409 g/mol. The summed E-state index contributed by atoms with van der Waals surface area (Å²) in [5.74, 6) is 0.971. The summed E-state index contributed by atoms with van der Waals surface area (Å²) in [6.07, 6.45) is 5.46. The zero-order valence-corrected chi connectivity index (χ0v) is 17.0. The Kier molecular flexibility index (Phi) is 5.70. The fraction of sp³-hybridized carbons (Fsp3) is 0.304. The lowest BCUT2D eigenvalue weighted by Crippen LogP contribution is -2.38. The van der Waals surface area contributed by atoms with E-state index in [0.29, 0.717) is 41.8 Å². The quantitative estimate of drug-likeness (QED) is 0.638. The van der Waals surface area contributed by atoms with Gasteiger partial charge in [-0.05, 0) is 54.7 Å². The summed E-state index contributed by atoms with van der Waals surface area (Å²) in [6.45, 7) is 1.30. The second kappa shape index (κ2) is 8.57. The minimum Gasteiger partial charge on any atom is -0.493 e. The molecular weight excluding hydrogens is 385 g/mol. The maximum Gasteiger partial charge on any atom is 0.257 e. The number of nitrogens with zero attached hydrogens (tertiary/aromatic N) is 3. The lowest BCUT2D eigenvalue weighted by Gasteiger charge is -2.32. The molecule has 2 aromatic carbocycles. The van der Waals surface area contributed by atoms with E-state index < -0.39 is 0 Å². The van der Waals surface area contributed by atoms with Crippen LogP contribution in [0.25, 0.3) is 5.69 Å². The van der Waals surface area contributed by atoms with Gasteiger partial charge in [0.1, 0.15) is 5.82 Å². The molecule has 0 N–H and O–H groups in total. The molecule has 6 nitrogen and oxygen atoms in total. The highest BCUT2D eigenvalue weighted by Crippen LogP contribution is 2.34. The van der Waals surface area contributed by atoms with E-state index in [4.69, 9.17) is 9.47 Å². The minimum atomic E-state index is -0.288. The van der Waals surface area contributed by atoms with Crippen molar-refractivity contribution in [2.75, 3.05) is 27.3 Å². The molecule has 0 aliphatic carbocycles. The van der Waals surface area contributed by atoms with E-state index in [1.54, 1.807) is 36.1 Å². The normalized spacial score (nSPS) is 14.6. The van der Waals surface area contributed by atoms with Gasteiger partial charge in [0.05, 0.1) is 31.7 Å². The second-order valence-corrected chi connectivity index (χ2v) is 7.31. The molecule has 0 radical (unpaired) electrons. The molecule has 1 aliphatic heterocycles. The summed E-state index contributed by atoms with van der Waals surface area (Å²) in [5.41, 5.74) is 2.30. The van der Waals surface area contributed by atoms with Gasteiger partial charge in [-0.2, -0.15) is 5.10 Å². The van der Waals surface area contributed by atoms with Crippen molar-refractivity contribution in [2.24, 2.45) is 0 Å². The molecule has 1 aliphatic rings. The fourth-order valence-electron chi connectivity index (χ4n) is 3.95. The van der Waals surface area contributed by atoms with Gasteiger partial charge >= 0.3 is 0 Å². The number of piperidine rings is 1. The molecule has 0 saturated carbocycles. The number of ether oxygens (including phenoxy) is 2. The smallest absolute Gasteiger partial charge is 0.257 e. The molecular formula is C23H24FN3O3. The number of para-hydroxylation sites is 1. The molecule has 3 aromatic rings. The molecule has 0 atom stereocenters. The number of aromatic nitrogens is 2. The zero-order valence-electron chi connectivity index (χ0n) is 17.0. The van der Waals surface area contributed by atoms with Crippen LogP contribution in [-0.2, 0) is 0 Å². The van der Waals surface area contributed by atoms with Crippen molar-refractivity contribution in [2.45, 2.75) is 18.8 Å². The van der Waals surface area contributed by atoms with Crippen LogP contribution in [0.4, 0.5) is 4.39 Å². The molecule has 1 aromatic heterocycles. The van der Waals surface area contributed by atoms with Crippen LogP contribution in [0.1, 0.15) is 34.7 Å². The van der Waals surface area contributed by atoms with Crippen molar-refractivity contribution >= 4 is 5.91 Å². The summed E-state index contributed by atoms with van der Waals surface area (Å²) in [5, 5.41) is 4.39. The number of hydrogen-bond donors (Lipinski definition) is 0. The van der Waals surface area contributed by atoms with E-state index in [2.05, 4.69) is 5.10 Å². The van der Waals surface area contributed by atoms with Crippen LogP contribution < -0.4 is 9.47 Å².